The van der Waals surface area contributed by atoms with E-state index >= 15 is 0 Å². The maximum Gasteiger partial charge on any atom is 0.280 e. The quantitative estimate of drug-likeness (QED) is 0.403. The summed E-state index contributed by atoms with van der Waals surface area (Å²) in [7, 11) is -2.21. The first-order valence-electron chi connectivity index (χ1n) is 12.6. The molecule has 0 radical (unpaired) electrons. The Bertz CT molecular complexity index is 1090. The number of carbonyl (C=O) groups is 1. The van der Waals surface area contributed by atoms with Crippen LogP contribution >= 0.6 is 0 Å². The van der Waals surface area contributed by atoms with Crippen molar-refractivity contribution in [3.63, 3.8) is 0 Å². The number of nitrogens with zero attached hydrogens (tertiary/aromatic N) is 3. The number of fused-ring (bicyclic) bond motifs is 1. The van der Waals surface area contributed by atoms with Crippen molar-refractivity contribution in [1.29, 1.82) is 0 Å². The Morgan fingerprint density at radius 2 is 1.89 bits per heavy atom. The Morgan fingerprint density at radius 1 is 1.25 bits per heavy atom. The predicted octanol–water partition coefficient (Wildman–Crippen LogP) is 3.18. The standard InChI is InChI=1S/C24H41N5O6Si/c1-14(2)21(31)27-23-26-20-19(22(32)28-23)25-13-29(20)18-9-33-11-24(10-30,35-18)12-34-36(15(3)4,16(5)6)17(7)8/h13-18,30H,9-12H2,1-8H3,(H2,26,27,28,31,32)/t18-,24-/m1/s1. The third-order valence-corrected chi connectivity index (χ3v) is 13.2. The molecule has 2 aromatic rings. The predicted molar refractivity (Wildman–Crippen MR) is 139 cm³/mol. The molecule has 0 unspecified atom stereocenters. The van der Waals surface area contributed by atoms with Crippen molar-refractivity contribution in [3.8, 4) is 0 Å². The van der Waals surface area contributed by atoms with Gasteiger partial charge in [0.1, 0.15) is 5.60 Å². The van der Waals surface area contributed by atoms with Crippen LogP contribution in [0.2, 0.25) is 16.6 Å². The lowest BCUT2D eigenvalue weighted by molar-refractivity contribution is -0.246. The van der Waals surface area contributed by atoms with Crippen LogP contribution in [-0.4, -0.2) is 70.9 Å². The van der Waals surface area contributed by atoms with Gasteiger partial charge in [0.15, 0.2) is 25.7 Å². The molecule has 1 amide bonds. The molecule has 2 atom stereocenters. The minimum Gasteiger partial charge on any atom is -0.413 e. The van der Waals surface area contributed by atoms with Gasteiger partial charge in [0.2, 0.25) is 11.9 Å². The number of rotatable bonds is 10. The highest BCUT2D eigenvalue weighted by Crippen LogP contribution is 2.43. The number of hydrogen-bond acceptors (Lipinski definition) is 8. The number of aromatic amines is 1. The number of nitrogens with one attached hydrogen (secondary N) is 2. The van der Waals surface area contributed by atoms with Gasteiger partial charge >= 0.3 is 0 Å². The highest BCUT2D eigenvalue weighted by Gasteiger charge is 2.48. The molecule has 12 heteroatoms. The number of H-pyrrole nitrogens is 1. The molecule has 3 rings (SSSR count). The van der Waals surface area contributed by atoms with E-state index in [-0.39, 0.29) is 55.4 Å². The number of aromatic nitrogens is 4. The lowest BCUT2D eigenvalue weighted by atomic mass is 10.1. The zero-order valence-electron chi connectivity index (χ0n) is 22.6. The fourth-order valence-corrected chi connectivity index (χ4v) is 10.8. The second kappa shape index (κ2) is 11.1. The largest absolute Gasteiger partial charge is 0.413 e. The molecule has 0 aliphatic carbocycles. The highest BCUT2D eigenvalue weighted by atomic mass is 28.4. The van der Waals surface area contributed by atoms with Gasteiger partial charge in [-0.2, -0.15) is 4.98 Å². The first-order valence-corrected chi connectivity index (χ1v) is 14.8. The number of amides is 1. The molecule has 202 valence electrons. The summed E-state index contributed by atoms with van der Waals surface area (Å²) in [4.78, 5) is 35.9. The van der Waals surface area contributed by atoms with E-state index in [4.69, 9.17) is 13.9 Å². The van der Waals surface area contributed by atoms with Crippen LogP contribution in [0.25, 0.3) is 11.2 Å². The second-order valence-electron chi connectivity index (χ2n) is 10.9. The van der Waals surface area contributed by atoms with Crippen molar-refractivity contribution < 1.29 is 23.8 Å². The number of aliphatic hydroxyl groups is 1. The monoisotopic (exact) mass is 523 g/mol. The summed E-state index contributed by atoms with van der Waals surface area (Å²) >= 11 is 0. The maximum absolute atomic E-state index is 12.6. The first kappa shape index (κ1) is 28.4. The van der Waals surface area contributed by atoms with Gasteiger partial charge in [-0.05, 0) is 16.6 Å². The van der Waals surface area contributed by atoms with Gasteiger partial charge in [-0.1, -0.05) is 55.4 Å². The van der Waals surface area contributed by atoms with Gasteiger partial charge in [-0.15, -0.1) is 0 Å². The molecule has 2 aromatic heterocycles. The normalized spacial score (nSPS) is 21.3. The van der Waals surface area contributed by atoms with Crippen molar-refractivity contribution in [3.05, 3.63) is 16.7 Å². The molecule has 0 saturated carbocycles. The summed E-state index contributed by atoms with van der Waals surface area (Å²) in [5, 5.41) is 13.0. The number of aliphatic hydroxyl groups excluding tert-OH is 1. The van der Waals surface area contributed by atoms with Crippen molar-refractivity contribution in [2.75, 3.05) is 31.7 Å². The van der Waals surface area contributed by atoms with Gasteiger partial charge in [0, 0.05) is 5.92 Å². The van der Waals surface area contributed by atoms with Crippen LogP contribution in [0.15, 0.2) is 11.1 Å². The molecular formula is C24H41N5O6Si. The van der Waals surface area contributed by atoms with Crippen LogP contribution in [0.1, 0.15) is 61.6 Å². The molecule has 0 aromatic carbocycles. The smallest absolute Gasteiger partial charge is 0.280 e. The van der Waals surface area contributed by atoms with E-state index in [1.165, 1.54) is 6.33 Å². The molecule has 3 heterocycles. The van der Waals surface area contributed by atoms with Crippen molar-refractivity contribution in [2.45, 2.75) is 83.8 Å². The third kappa shape index (κ3) is 5.42. The summed E-state index contributed by atoms with van der Waals surface area (Å²) in [6.45, 7) is 17.0. The van der Waals surface area contributed by atoms with Crippen LogP contribution in [0.5, 0.6) is 0 Å². The zero-order chi connectivity index (χ0) is 26.8. The van der Waals surface area contributed by atoms with E-state index in [1.54, 1.807) is 18.4 Å². The first-order chi connectivity index (χ1) is 16.9. The summed E-state index contributed by atoms with van der Waals surface area (Å²) in [5.74, 6) is -0.525. The molecule has 3 N–H and O–H groups in total. The summed E-state index contributed by atoms with van der Waals surface area (Å²) in [6, 6.07) is 0. The number of hydrogen-bond donors (Lipinski definition) is 3. The Kier molecular flexibility index (Phi) is 8.77. The molecule has 0 spiro atoms. The fraction of sp³-hybridized carbons (Fsp3) is 0.750. The average molecular weight is 524 g/mol. The summed E-state index contributed by atoms with van der Waals surface area (Å²) < 4.78 is 20.6. The molecule has 1 aliphatic heterocycles. The van der Waals surface area contributed by atoms with Gasteiger partial charge in [-0.3, -0.25) is 24.5 Å². The highest BCUT2D eigenvalue weighted by molar-refractivity contribution is 6.77. The van der Waals surface area contributed by atoms with E-state index < -0.39 is 25.7 Å². The van der Waals surface area contributed by atoms with Crippen LogP contribution in [0.3, 0.4) is 0 Å². The summed E-state index contributed by atoms with van der Waals surface area (Å²) in [5.41, 5.74) is -0.0657. The molecular weight excluding hydrogens is 482 g/mol. The van der Waals surface area contributed by atoms with Crippen molar-refractivity contribution >= 4 is 31.3 Å². The second-order valence-corrected chi connectivity index (χ2v) is 16.4. The number of ether oxygens (including phenoxy) is 2. The van der Waals surface area contributed by atoms with Crippen LogP contribution in [0, 0.1) is 5.92 Å². The lowest BCUT2D eigenvalue weighted by Gasteiger charge is -2.46. The molecule has 0 bridgehead atoms. The number of carbonyl (C=O) groups excluding carboxylic acids is 1. The Balaban J connectivity index is 1.91. The number of imidazole rings is 1. The Morgan fingerprint density at radius 3 is 2.44 bits per heavy atom. The van der Waals surface area contributed by atoms with Crippen LogP contribution < -0.4 is 10.9 Å². The summed E-state index contributed by atoms with van der Waals surface area (Å²) in [6.07, 6.45) is 0.759. The molecule has 11 nitrogen and oxygen atoms in total. The topological polar surface area (TPSA) is 141 Å². The fourth-order valence-electron chi connectivity index (χ4n) is 5.26. The van der Waals surface area contributed by atoms with Gasteiger partial charge in [0.05, 0.1) is 32.8 Å². The maximum atomic E-state index is 12.6. The molecule has 1 fully saturated rings. The Hall–Kier alpha value is -2.12. The average Bonchev–Trinajstić information content (AvgIpc) is 3.23. The van der Waals surface area contributed by atoms with Gasteiger partial charge < -0.3 is 19.0 Å². The van der Waals surface area contributed by atoms with Crippen LogP contribution in [-0.2, 0) is 18.7 Å². The SMILES string of the molecule is CC(C)C(=O)Nc1nc2c(ncn2[C@H]2COC[C@](CO)(CO[Si](C(C)C)(C(C)C)C(C)C)O2)c(=O)[nH]1. The van der Waals surface area contributed by atoms with Crippen molar-refractivity contribution in [2.24, 2.45) is 5.92 Å². The molecule has 1 aliphatic rings. The lowest BCUT2D eigenvalue weighted by Crippen LogP contribution is -2.56. The molecule has 1 saturated heterocycles. The zero-order valence-corrected chi connectivity index (χ0v) is 23.6. The molecule has 36 heavy (non-hydrogen) atoms. The van der Waals surface area contributed by atoms with E-state index in [2.05, 4.69) is 61.8 Å². The van der Waals surface area contributed by atoms with E-state index in [9.17, 15) is 14.7 Å². The number of anilines is 1. The third-order valence-electron chi connectivity index (χ3n) is 7.10. The van der Waals surface area contributed by atoms with E-state index in [0.717, 1.165) is 0 Å². The van der Waals surface area contributed by atoms with Gasteiger partial charge in [0.25, 0.3) is 5.56 Å². The van der Waals surface area contributed by atoms with Crippen LogP contribution in [0.4, 0.5) is 5.95 Å². The Labute approximate surface area is 213 Å². The minimum atomic E-state index is -2.21. The van der Waals surface area contributed by atoms with Crippen molar-refractivity contribution in [1.82, 2.24) is 19.5 Å². The van der Waals surface area contributed by atoms with E-state index in [0.29, 0.717) is 16.6 Å². The van der Waals surface area contributed by atoms with Gasteiger partial charge in [-0.25, -0.2) is 4.98 Å². The minimum absolute atomic E-state index is 0.0306. The van der Waals surface area contributed by atoms with E-state index in [1.807, 2.05) is 0 Å².